The van der Waals surface area contributed by atoms with Gasteiger partial charge in [-0.3, -0.25) is 0 Å². The Morgan fingerprint density at radius 1 is 0.408 bits per heavy atom. The number of nitrogens with zero attached hydrogens (tertiary/aromatic N) is 3. The summed E-state index contributed by atoms with van der Waals surface area (Å²) >= 11 is 1.69. The molecule has 9 rings (SSSR count). The monoisotopic (exact) mass is 665 g/mol. The fourth-order valence-electron chi connectivity index (χ4n) is 6.67. The highest BCUT2D eigenvalue weighted by Crippen LogP contribution is 2.52. The summed E-state index contributed by atoms with van der Waals surface area (Å²) in [5.74, 6) is 1.87. The molecule has 49 heavy (non-hydrogen) atoms. The van der Waals surface area contributed by atoms with Crippen molar-refractivity contribution in [2.24, 2.45) is 0 Å². The molecule has 1 unspecified atom stereocenters. The Kier molecular flexibility index (Phi) is 7.31. The van der Waals surface area contributed by atoms with Crippen LogP contribution in [0, 0.1) is 0 Å². The fraction of sp³-hybridized carbons (Fsp3) is 0. The zero-order valence-electron chi connectivity index (χ0n) is 26.3. The molecule has 2 heterocycles. The molecule has 4 nitrogen and oxygen atoms in total. The van der Waals surface area contributed by atoms with Crippen LogP contribution in [0.15, 0.2) is 180 Å². The number of rotatable bonds is 5. The molecule has 1 aliphatic heterocycles. The van der Waals surface area contributed by atoms with Crippen LogP contribution in [-0.4, -0.2) is 15.0 Å². The van der Waals surface area contributed by atoms with Gasteiger partial charge in [-0.25, -0.2) is 15.0 Å². The van der Waals surface area contributed by atoms with Crippen LogP contribution >= 0.6 is 18.9 Å². The average molecular weight is 666 g/mol. The van der Waals surface area contributed by atoms with Gasteiger partial charge >= 0.3 is 0 Å². The predicted octanol–water partition coefficient (Wildman–Crippen LogP) is 9.80. The second-order valence-electron chi connectivity index (χ2n) is 11.9. The smallest absolute Gasteiger partial charge is 0.173 e. The van der Waals surface area contributed by atoms with E-state index in [-0.39, 0.29) is 0 Å². The lowest BCUT2D eigenvalue weighted by molar-refractivity contribution is 0.591. The first-order valence-electron chi connectivity index (χ1n) is 16.1. The van der Waals surface area contributed by atoms with E-state index < -0.39 is 7.14 Å². The Morgan fingerprint density at radius 2 is 0.939 bits per heavy atom. The second kappa shape index (κ2) is 12.1. The average Bonchev–Trinajstić information content (AvgIpc) is 3.18. The van der Waals surface area contributed by atoms with Gasteiger partial charge in [-0.1, -0.05) is 157 Å². The van der Waals surface area contributed by atoms with Crippen molar-refractivity contribution in [2.75, 3.05) is 0 Å². The van der Waals surface area contributed by atoms with Crippen LogP contribution < -0.4 is 15.9 Å². The maximum absolute atomic E-state index is 15.4. The van der Waals surface area contributed by atoms with Crippen molar-refractivity contribution in [3.8, 4) is 45.3 Å². The number of hydrogen-bond donors (Lipinski definition) is 0. The zero-order chi connectivity index (χ0) is 32.8. The summed E-state index contributed by atoms with van der Waals surface area (Å²) in [5, 5.41) is 4.73. The van der Waals surface area contributed by atoms with Gasteiger partial charge in [-0.2, -0.15) is 0 Å². The van der Waals surface area contributed by atoms with Crippen LogP contribution in [0.2, 0.25) is 0 Å². The standard InChI is InChI=1S/C43H28N3OPS/c47-48(32-18-8-3-9-19-32)37-24-10-11-25-39(37)49-40-27-26-31(28-38(40)48)33-20-12-22-35-34(33)21-13-23-36(35)43-45-41(29-14-4-1-5-15-29)44-42(46-43)30-16-6-2-7-17-30/h1-28H. The summed E-state index contributed by atoms with van der Waals surface area (Å²) in [7, 11) is -3.13. The van der Waals surface area contributed by atoms with Crippen molar-refractivity contribution >= 4 is 45.6 Å². The molecule has 0 aliphatic carbocycles. The van der Waals surface area contributed by atoms with E-state index >= 15 is 4.57 Å². The normalized spacial score (nSPS) is 15.0. The third kappa shape index (κ3) is 5.10. The first-order valence-corrected chi connectivity index (χ1v) is 18.7. The molecule has 7 aromatic carbocycles. The van der Waals surface area contributed by atoms with E-state index in [9.17, 15) is 0 Å². The Bertz CT molecular complexity index is 2500. The Balaban J connectivity index is 1.22. The van der Waals surface area contributed by atoms with Crippen LogP contribution in [0.5, 0.6) is 0 Å². The van der Waals surface area contributed by atoms with Gasteiger partial charge in [0, 0.05) is 42.4 Å². The second-order valence-corrected chi connectivity index (χ2v) is 15.7. The summed E-state index contributed by atoms with van der Waals surface area (Å²) in [6.45, 7) is 0. The SMILES string of the molecule is O=P1(c2ccccc2)c2ccccc2Sc2ccc(-c3cccc4c(-c5nc(-c6ccccc6)nc(-c6ccccc6)n5)cccc34)cc21. The molecule has 1 atom stereocenters. The third-order valence-electron chi connectivity index (χ3n) is 9.02. The topological polar surface area (TPSA) is 55.7 Å². The maximum atomic E-state index is 15.4. The molecular formula is C43H28N3OPS. The van der Waals surface area contributed by atoms with Crippen LogP contribution in [0.3, 0.4) is 0 Å². The van der Waals surface area contributed by atoms with E-state index in [1.54, 1.807) is 11.8 Å². The summed E-state index contributed by atoms with van der Waals surface area (Å²) in [6, 6.07) is 57.2. The van der Waals surface area contributed by atoms with Crippen molar-refractivity contribution in [3.63, 3.8) is 0 Å². The number of benzene rings is 7. The molecule has 1 aromatic heterocycles. The van der Waals surface area contributed by atoms with E-state index in [2.05, 4.69) is 60.7 Å². The summed E-state index contributed by atoms with van der Waals surface area (Å²) < 4.78 is 15.4. The quantitative estimate of drug-likeness (QED) is 0.171. The van der Waals surface area contributed by atoms with Crippen molar-refractivity contribution in [2.45, 2.75) is 9.79 Å². The molecule has 0 spiro atoms. The number of hydrogen-bond acceptors (Lipinski definition) is 5. The fourth-order valence-corrected chi connectivity index (χ4v) is 11.4. The van der Waals surface area contributed by atoms with E-state index in [1.165, 1.54) is 0 Å². The highest BCUT2D eigenvalue weighted by atomic mass is 32.2. The molecule has 232 valence electrons. The first kappa shape index (κ1) is 29.5. The van der Waals surface area contributed by atoms with Crippen molar-refractivity contribution in [1.82, 2.24) is 15.0 Å². The first-order chi connectivity index (χ1) is 24.2. The van der Waals surface area contributed by atoms with Crippen LogP contribution in [0.4, 0.5) is 0 Å². The van der Waals surface area contributed by atoms with Gasteiger partial charge in [0.25, 0.3) is 0 Å². The van der Waals surface area contributed by atoms with E-state index in [4.69, 9.17) is 15.0 Å². The summed E-state index contributed by atoms with van der Waals surface area (Å²) in [6.07, 6.45) is 0. The predicted molar refractivity (Wildman–Crippen MR) is 203 cm³/mol. The molecule has 0 N–H and O–H groups in total. The van der Waals surface area contributed by atoms with E-state index in [1.807, 2.05) is 109 Å². The van der Waals surface area contributed by atoms with Gasteiger partial charge in [-0.05, 0) is 46.2 Å². The minimum Gasteiger partial charge on any atom is -0.309 e. The molecule has 6 heteroatoms. The number of fused-ring (bicyclic) bond motifs is 3. The molecule has 0 amide bonds. The maximum Gasteiger partial charge on any atom is 0.173 e. The Labute approximate surface area is 289 Å². The van der Waals surface area contributed by atoms with Gasteiger partial charge in [0.05, 0.1) is 0 Å². The lowest BCUT2D eigenvalue weighted by Gasteiger charge is -2.29. The lowest BCUT2D eigenvalue weighted by atomic mass is 9.95. The van der Waals surface area contributed by atoms with Gasteiger partial charge in [-0.15, -0.1) is 0 Å². The highest BCUT2D eigenvalue weighted by molar-refractivity contribution is 8.02. The van der Waals surface area contributed by atoms with Crippen molar-refractivity contribution < 1.29 is 4.57 Å². The molecule has 0 saturated carbocycles. The Hall–Kier alpha value is -5.61. The van der Waals surface area contributed by atoms with E-state index in [0.29, 0.717) is 17.5 Å². The van der Waals surface area contributed by atoms with Crippen LogP contribution in [-0.2, 0) is 4.57 Å². The Morgan fingerprint density at radius 3 is 1.61 bits per heavy atom. The van der Waals surface area contributed by atoms with Gasteiger partial charge < -0.3 is 4.57 Å². The molecule has 0 radical (unpaired) electrons. The largest absolute Gasteiger partial charge is 0.309 e. The minimum absolute atomic E-state index is 0.613. The van der Waals surface area contributed by atoms with Gasteiger partial charge in [0.15, 0.2) is 24.6 Å². The lowest BCUT2D eigenvalue weighted by Crippen LogP contribution is -2.30. The molecule has 0 bridgehead atoms. The third-order valence-corrected chi connectivity index (χ3v) is 13.6. The molecule has 0 fully saturated rings. The van der Waals surface area contributed by atoms with Crippen molar-refractivity contribution in [1.29, 1.82) is 0 Å². The van der Waals surface area contributed by atoms with Gasteiger partial charge in [0.2, 0.25) is 0 Å². The van der Waals surface area contributed by atoms with E-state index in [0.717, 1.165) is 64.3 Å². The van der Waals surface area contributed by atoms with Crippen LogP contribution in [0.1, 0.15) is 0 Å². The molecular weight excluding hydrogens is 638 g/mol. The molecule has 1 aliphatic rings. The molecule has 8 aromatic rings. The summed E-state index contributed by atoms with van der Waals surface area (Å²) in [4.78, 5) is 17.0. The van der Waals surface area contributed by atoms with Crippen LogP contribution in [0.25, 0.3) is 56.1 Å². The highest BCUT2D eigenvalue weighted by Gasteiger charge is 2.38. The van der Waals surface area contributed by atoms with Gasteiger partial charge in [0.1, 0.15) is 0 Å². The zero-order valence-corrected chi connectivity index (χ0v) is 28.0. The van der Waals surface area contributed by atoms with Crippen molar-refractivity contribution in [3.05, 3.63) is 170 Å². The molecule has 0 saturated heterocycles. The minimum atomic E-state index is -3.13. The summed E-state index contributed by atoms with van der Waals surface area (Å²) in [5.41, 5.74) is 4.86. The number of aromatic nitrogens is 3.